The summed E-state index contributed by atoms with van der Waals surface area (Å²) in [6.07, 6.45) is 1.97. The first kappa shape index (κ1) is 16.6. The van der Waals surface area contributed by atoms with Gasteiger partial charge in [0.25, 0.3) is 5.91 Å². The molecule has 1 aromatic heterocycles. The Bertz CT molecular complexity index is 753. The maximum Gasteiger partial charge on any atom is 0.256 e. The summed E-state index contributed by atoms with van der Waals surface area (Å²) < 4.78 is 11.3. The number of amides is 1. The van der Waals surface area contributed by atoms with E-state index < -0.39 is 5.60 Å². The van der Waals surface area contributed by atoms with Crippen LogP contribution in [0.25, 0.3) is 10.9 Å². The average molecular weight is 343 g/mol. The third-order valence-electron chi connectivity index (χ3n) is 5.18. The number of benzene rings is 1. The van der Waals surface area contributed by atoms with Crippen LogP contribution in [0.15, 0.2) is 30.5 Å². The second kappa shape index (κ2) is 6.78. The molecule has 0 spiro atoms. The largest absolute Gasteiger partial charge is 0.378 e. The number of nitrogens with one attached hydrogen (secondary N) is 1. The summed E-state index contributed by atoms with van der Waals surface area (Å²) in [4.78, 5) is 20.4. The molecule has 25 heavy (non-hydrogen) atoms. The third kappa shape index (κ3) is 3.29. The molecule has 0 aliphatic carbocycles. The molecule has 6 nitrogen and oxygen atoms in total. The van der Waals surface area contributed by atoms with Crippen molar-refractivity contribution >= 4 is 16.8 Å². The molecule has 1 aromatic carbocycles. The monoisotopic (exact) mass is 343 g/mol. The molecule has 1 N–H and O–H groups in total. The molecule has 0 radical (unpaired) electrons. The van der Waals surface area contributed by atoms with Gasteiger partial charge >= 0.3 is 0 Å². The molecule has 3 heterocycles. The highest BCUT2D eigenvalue weighted by atomic mass is 16.5. The minimum Gasteiger partial charge on any atom is -0.378 e. The minimum atomic E-state index is -0.776. The first-order valence-corrected chi connectivity index (χ1v) is 8.94. The van der Waals surface area contributed by atoms with Gasteiger partial charge in [0.2, 0.25) is 0 Å². The number of ether oxygens (including phenoxy) is 2. The second-order valence-electron chi connectivity index (χ2n) is 7.05. The number of aromatic nitrogens is 1. The molecule has 134 valence electrons. The van der Waals surface area contributed by atoms with E-state index in [1.54, 1.807) is 0 Å². The second-order valence-corrected chi connectivity index (χ2v) is 7.05. The Labute approximate surface area is 147 Å². The maximum absolute atomic E-state index is 13.0. The van der Waals surface area contributed by atoms with E-state index in [0.29, 0.717) is 39.5 Å². The van der Waals surface area contributed by atoms with Gasteiger partial charge in [-0.1, -0.05) is 12.1 Å². The van der Waals surface area contributed by atoms with E-state index in [0.717, 1.165) is 18.6 Å². The van der Waals surface area contributed by atoms with Crippen LogP contribution in [0.2, 0.25) is 0 Å². The number of rotatable bonds is 3. The Hall–Kier alpha value is -1.89. The Morgan fingerprint density at radius 1 is 1.20 bits per heavy atom. The number of nitrogens with zero attached hydrogens (tertiary/aromatic N) is 2. The first-order chi connectivity index (χ1) is 12.2. The predicted octanol–water partition coefficient (Wildman–Crippen LogP) is 1.62. The van der Waals surface area contributed by atoms with Crippen LogP contribution in [0.4, 0.5) is 0 Å². The quantitative estimate of drug-likeness (QED) is 0.920. The van der Waals surface area contributed by atoms with Gasteiger partial charge in [-0.2, -0.15) is 0 Å². The number of carbonyl (C=O) groups excluding carboxylic acids is 1. The molecule has 1 amide bonds. The Morgan fingerprint density at radius 2 is 2.04 bits per heavy atom. The lowest BCUT2D eigenvalue weighted by Crippen LogP contribution is -2.60. The summed E-state index contributed by atoms with van der Waals surface area (Å²) in [5.74, 6) is 0.0837. The van der Waals surface area contributed by atoms with Crippen molar-refractivity contribution in [1.29, 1.82) is 0 Å². The van der Waals surface area contributed by atoms with Gasteiger partial charge in [-0.25, -0.2) is 0 Å². The minimum absolute atomic E-state index is 0.0837. The standard InChI is InChI=1S/C19H25N3O3/c1-19(18(23)22-8-10-24-11-9-22)14-21(7-12-25-19)13-15-3-2-4-17-16(15)5-6-20-17/h2-6,20H,7-14H2,1H3. The summed E-state index contributed by atoms with van der Waals surface area (Å²) in [6, 6.07) is 8.44. The van der Waals surface area contributed by atoms with Crippen molar-refractivity contribution in [3.05, 3.63) is 36.0 Å². The van der Waals surface area contributed by atoms with Gasteiger partial charge in [-0.05, 0) is 24.6 Å². The van der Waals surface area contributed by atoms with Gasteiger partial charge in [-0.3, -0.25) is 9.69 Å². The van der Waals surface area contributed by atoms with Crippen LogP contribution in [0.5, 0.6) is 0 Å². The topological polar surface area (TPSA) is 57.8 Å². The number of H-pyrrole nitrogens is 1. The van der Waals surface area contributed by atoms with Gasteiger partial charge in [0, 0.05) is 49.8 Å². The Balaban J connectivity index is 1.48. The van der Waals surface area contributed by atoms with Gasteiger partial charge in [-0.15, -0.1) is 0 Å². The molecule has 2 aliphatic heterocycles. The van der Waals surface area contributed by atoms with E-state index in [2.05, 4.69) is 34.1 Å². The number of carbonyl (C=O) groups is 1. The van der Waals surface area contributed by atoms with Gasteiger partial charge in [0.1, 0.15) is 0 Å². The molecule has 4 rings (SSSR count). The predicted molar refractivity (Wildman–Crippen MR) is 95.3 cm³/mol. The molecule has 1 unspecified atom stereocenters. The van der Waals surface area contributed by atoms with E-state index in [1.807, 2.05) is 18.0 Å². The highest BCUT2D eigenvalue weighted by Gasteiger charge is 2.42. The van der Waals surface area contributed by atoms with E-state index in [9.17, 15) is 4.79 Å². The zero-order valence-electron chi connectivity index (χ0n) is 14.7. The summed E-state index contributed by atoms with van der Waals surface area (Å²) >= 11 is 0. The molecular formula is C19H25N3O3. The van der Waals surface area contributed by atoms with Crippen molar-refractivity contribution in [3.8, 4) is 0 Å². The number of hydrogen-bond acceptors (Lipinski definition) is 4. The van der Waals surface area contributed by atoms with Crippen molar-refractivity contribution in [1.82, 2.24) is 14.8 Å². The highest BCUT2D eigenvalue weighted by molar-refractivity contribution is 5.85. The maximum atomic E-state index is 13.0. The van der Waals surface area contributed by atoms with Crippen LogP contribution in [0.3, 0.4) is 0 Å². The molecule has 0 saturated carbocycles. The fourth-order valence-corrected chi connectivity index (χ4v) is 3.85. The van der Waals surface area contributed by atoms with E-state index >= 15 is 0 Å². The van der Waals surface area contributed by atoms with Crippen LogP contribution < -0.4 is 0 Å². The molecule has 2 saturated heterocycles. The lowest BCUT2D eigenvalue weighted by molar-refractivity contribution is -0.171. The van der Waals surface area contributed by atoms with Crippen LogP contribution in [0, 0.1) is 0 Å². The van der Waals surface area contributed by atoms with Gasteiger partial charge in [0.15, 0.2) is 5.60 Å². The van der Waals surface area contributed by atoms with Crippen molar-refractivity contribution < 1.29 is 14.3 Å². The van der Waals surface area contributed by atoms with Crippen LogP contribution in [-0.2, 0) is 20.8 Å². The summed E-state index contributed by atoms with van der Waals surface area (Å²) in [5, 5.41) is 1.25. The smallest absolute Gasteiger partial charge is 0.256 e. The summed E-state index contributed by atoms with van der Waals surface area (Å²) in [5.41, 5.74) is 1.65. The number of hydrogen-bond donors (Lipinski definition) is 1. The molecule has 6 heteroatoms. The molecule has 2 aromatic rings. The molecule has 2 fully saturated rings. The molecule has 2 aliphatic rings. The lowest BCUT2D eigenvalue weighted by Gasteiger charge is -2.42. The van der Waals surface area contributed by atoms with E-state index in [4.69, 9.17) is 9.47 Å². The first-order valence-electron chi connectivity index (χ1n) is 8.94. The van der Waals surface area contributed by atoms with Crippen LogP contribution in [0.1, 0.15) is 12.5 Å². The summed E-state index contributed by atoms with van der Waals surface area (Å²) in [7, 11) is 0. The van der Waals surface area contributed by atoms with Crippen molar-refractivity contribution in [3.63, 3.8) is 0 Å². The lowest BCUT2D eigenvalue weighted by atomic mass is 10.0. The van der Waals surface area contributed by atoms with Crippen molar-refractivity contribution in [2.45, 2.75) is 19.1 Å². The van der Waals surface area contributed by atoms with Crippen LogP contribution in [-0.4, -0.2) is 72.3 Å². The molecule has 0 bridgehead atoms. The van der Waals surface area contributed by atoms with Crippen LogP contribution >= 0.6 is 0 Å². The Morgan fingerprint density at radius 3 is 2.88 bits per heavy atom. The number of fused-ring (bicyclic) bond motifs is 1. The molecule has 1 atom stereocenters. The normalized spacial score (nSPS) is 25.4. The van der Waals surface area contributed by atoms with Gasteiger partial charge < -0.3 is 19.4 Å². The average Bonchev–Trinajstić information content (AvgIpc) is 3.12. The fourth-order valence-electron chi connectivity index (χ4n) is 3.85. The van der Waals surface area contributed by atoms with Gasteiger partial charge in [0.05, 0.1) is 19.8 Å². The third-order valence-corrected chi connectivity index (χ3v) is 5.18. The molecular weight excluding hydrogens is 318 g/mol. The summed E-state index contributed by atoms with van der Waals surface area (Å²) in [6.45, 7) is 7.31. The fraction of sp³-hybridized carbons (Fsp3) is 0.526. The Kier molecular flexibility index (Phi) is 4.50. The van der Waals surface area contributed by atoms with Crippen molar-refractivity contribution in [2.75, 3.05) is 46.0 Å². The van der Waals surface area contributed by atoms with E-state index in [1.165, 1.54) is 10.9 Å². The number of morpholine rings is 2. The van der Waals surface area contributed by atoms with E-state index in [-0.39, 0.29) is 5.91 Å². The highest BCUT2D eigenvalue weighted by Crippen LogP contribution is 2.25. The number of aromatic amines is 1. The zero-order valence-corrected chi connectivity index (χ0v) is 14.7. The van der Waals surface area contributed by atoms with Crippen molar-refractivity contribution in [2.24, 2.45) is 0 Å². The SMILES string of the molecule is CC1(C(=O)N2CCOCC2)CN(Cc2cccc3[nH]ccc23)CCO1. The zero-order chi connectivity index (χ0) is 17.3.